The van der Waals surface area contributed by atoms with Crippen molar-refractivity contribution in [3.8, 4) is 0 Å². The highest BCUT2D eigenvalue weighted by Gasteiger charge is 2.15. The second kappa shape index (κ2) is 8.17. The summed E-state index contributed by atoms with van der Waals surface area (Å²) >= 11 is 1.49. The molecule has 130 valence electrons. The molecule has 26 heavy (non-hydrogen) atoms. The first kappa shape index (κ1) is 17.5. The molecule has 0 radical (unpaired) electrons. The molecule has 2 aromatic carbocycles. The Morgan fingerprint density at radius 1 is 0.923 bits per heavy atom. The van der Waals surface area contributed by atoms with Crippen LogP contribution in [0.15, 0.2) is 71.1 Å². The lowest BCUT2D eigenvalue weighted by Crippen LogP contribution is -2.21. The van der Waals surface area contributed by atoms with Crippen molar-refractivity contribution in [2.75, 3.05) is 5.32 Å². The van der Waals surface area contributed by atoms with Crippen LogP contribution in [-0.4, -0.2) is 18.0 Å². The number of halogens is 1. The van der Waals surface area contributed by atoms with E-state index in [0.29, 0.717) is 0 Å². The molecule has 0 saturated heterocycles. The van der Waals surface area contributed by atoms with E-state index in [1.165, 1.54) is 35.8 Å². The van der Waals surface area contributed by atoms with Gasteiger partial charge in [-0.1, -0.05) is 30.3 Å². The number of rotatable bonds is 5. The number of hydrogen-bond acceptors (Lipinski definition) is 4. The molecule has 0 aliphatic rings. The minimum absolute atomic E-state index is 0.0987. The summed E-state index contributed by atoms with van der Waals surface area (Å²) in [6, 6.07) is 15.8. The van der Waals surface area contributed by atoms with Crippen LogP contribution in [-0.2, 0) is 0 Å². The van der Waals surface area contributed by atoms with Gasteiger partial charge in [-0.3, -0.25) is 9.59 Å². The van der Waals surface area contributed by atoms with Crippen molar-refractivity contribution in [1.82, 2.24) is 5.43 Å². The van der Waals surface area contributed by atoms with E-state index in [1.54, 1.807) is 30.3 Å². The maximum Gasteiger partial charge on any atom is 0.273 e. The van der Waals surface area contributed by atoms with Crippen LogP contribution in [0.1, 0.15) is 25.6 Å². The first-order valence-electron chi connectivity index (χ1n) is 7.67. The number of benzene rings is 2. The molecule has 3 rings (SSSR count). The maximum absolute atomic E-state index is 13.7. The molecule has 0 spiro atoms. The molecule has 3 aromatic rings. The fraction of sp³-hybridized carbons (Fsp3) is 0. The van der Waals surface area contributed by atoms with Crippen LogP contribution < -0.4 is 10.7 Å². The Morgan fingerprint density at radius 3 is 2.38 bits per heavy atom. The first-order chi connectivity index (χ1) is 12.6. The standard InChI is InChI=1S/C19H14FN3O2S/c20-16-9-3-1-7-14(16)18(24)22-17-10-4-2-8-15(17)19(25)23-21-12-13-6-5-11-26-13/h1-12H,(H,22,24)(H,23,25)/b21-12-. The van der Waals surface area contributed by atoms with Crippen LogP contribution in [0, 0.1) is 5.82 Å². The van der Waals surface area contributed by atoms with Crippen molar-refractivity contribution < 1.29 is 14.0 Å². The van der Waals surface area contributed by atoms with E-state index in [0.717, 1.165) is 4.88 Å². The van der Waals surface area contributed by atoms with Crippen molar-refractivity contribution in [3.63, 3.8) is 0 Å². The minimum atomic E-state index is -0.634. The van der Waals surface area contributed by atoms with Gasteiger partial charge in [-0.2, -0.15) is 5.10 Å². The topological polar surface area (TPSA) is 70.6 Å². The van der Waals surface area contributed by atoms with Crippen LogP contribution in [0.25, 0.3) is 0 Å². The summed E-state index contributed by atoms with van der Waals surface area (Å²) in [6.45, 7) is 0. The molecule has 5 nitrogen and oxygen atoms in total. The number of para-hydroxylation sites is 1. The molecule has 0 saturated carbocycles. The largest absolute Gasteiger partial charge is 0.321 e. The predicted octanol–water partition coefficient (Wildman–Crippen LogP) is 3.90. The van der Waals surface area contributed by atoms with Crippen LogP contribution >= 0.6 is 11.3 Å². The highest BCUT2D eigenvalue weighted by atomic mass is 32.1. The van der Waals surface area contributed by atoms with Gasteiger partial charge in [0.1, 0.15) is 5.82 Å². The number of nitrogens with one attached hydrogen (secondary N) is 2. The second-order valence-electron chi connectivity index (χ2n) is 5.19. The third kappa shape index (κ3) is 4.20. The predicted molar refractivity (Wildman–Crippen MR) is 100 cm³/mol. The van der Waals surface area contributed by atoms with Crippen molar-refractivity contribution in [2.45, 2.75) is 0 Å². The Hall–Kier alpha value is -3.32. The quantitative estimate of drug-likeness (QED) is 0.530. The fourth-order valence-corrected chi connectivity index (χ4v) is 2.79. The van der Waals surface area contributed by atoms with E-state index < -0.39 is 17.6 Å². The summed E-state index contributed by atoms with van der Waals surface area (Å²) in [5, 5.41) is 8.36. The smallest absolute Gasteiger partial charge is 0.273 e. The van der Waals surface area contributed by atoms with Crippen molar-refractivity contribution in [3.05, 3.63) is 87.9 Å². The second-order valence-corrected chi connectivity index (χ2v) is 6.17. The molecule has 1 heterocycles. The Kier molecular flexibility index (Phi) is 5.50. The van der Waals surface area contributed by atoms with Gasteiger partial charge < -0.3 is 5.32 Å². The van der Waals surface area contributed by atoms with Crippen molar-refractivity contribution >= 4 is 35.1 Å². The highest BCUT2D eigenvalue weighted by molar-refractivity contribution is 7.11. The molecule has 2 amide bonds. The summed E-state index contributed by atoms with van der Waals surface area (Å²) in [5.74, 6) is -1.75. The SMILES string of the molecule is O=C(Nc1ccccc1C(=O)N/N=C\c1cccs1)c1ccccc1F. The monoisotopic (exact) mass is 367 g/mol. The Bertz CT molecular complexity index is 955. The molecule has 0 atom stereocenters. The summed E-state index contributed by atoms with van der Waals surface area (Å²) in [6.07, 6.45) is 1.53. The zero-order chi connectivity index (χ0) is 18.4. The Morgan fingerprint density at radius 2 is 1.65 bits per heavy atom. The number of hydrazone groups is 1. The lowest BCUT2D eigenvalue weighted by molar-refractivity contribution is 0.0956. The number of hydrogen-bond donors (Lipinski definition) is 2. The molecule has 0 aliphatic heterocycles. The van der Waals surface area contributed by atoms with E-state index in [2.05, 4.69) is 15.8 Å². The van der Waals surface area contributed by atoms with Crippen LogP contribution in [0.5, 0.6) is 0 Å². The molecular weight excluding hydrogens is 353 g/mol. The number of anilines is 1. The van der Waals surface area contributed by atoms with E-state index in [1.807, 2.05) is 17.5 Å². The van der Waals surface area contributed by atoms with Crippen molar-refractivity contribution in [1.29, 1.82) is 0 Å². The van der Waals surface area contributed by atoms with E-state index in [-0.39, 0.29) is 16.8 Å². The van der Waals surface area contributed by atoms with Crippen LogP contribution in [0.4, 0.5) is 10.1 Å². The number of carbonyl (C=O) groups excluding carboxylic acids is 2. The van der Waals surface area contributed by atoms with Gasteiger partial charge in [-0.15, -0.1) is 11.3 Å². The Balaban J connectivity index is 1.74. The summed E-state index contributed by atoms with van der Waals surface area (Å²) in [5.41, 5.74) is 2.81. The third-order valence-electron chi connectivity index (χ3n) is 3.44. The van der Waals surface area contributed by atoms with Crippen LogP contribution in [0.2, 0.25) is 0 Å². The van der Waals surface area contributed by atoms with Gasteiger partial charge in [0, 0.05) is 4.88 Å². The molecule has 2 N–H and O–H groups in total. The number of amides is 2. The van der Waals surface area contributed by atoms with Gasteiger partial charge in [0.05, 0.1) is 23.0 Å². The van der Waals surface area contributed by atoms with Gasteiger partial charge in [0.2, 0.25) is 0 Å². The molecule has 1 aromatic heterocycles. The van der Waals surface area contributed by atoms with E-state index in [4.69, 9.17) is 0 Å². The minimum Gasteiger partial charge on any atom is -0.321 e. The van der Waals surface area contributed by atoms with Gasteiger partial charge in [0.15, 0.2) is 0 Å². The fourth-order valence-electron chi connectivity index (χ4n) is 2.20. The lowest BCUT2D eigenvalue weighted by Gasteiger charge is -2.10. The van der Waals surface area contributed by atoms with E-state index >= 15 is 0 Å². The van der Waals surface area contributed by atoms with Gasteiger partial charge >= 0.3 is 0 Å². The number of carbonyl (C=O) groups is 2. The van der Waals surface area contributed by atoms with Gasteiger partial charge in [-0.25, -0.2) is 9.82 Å². The molecular formula is C19H14FN3O2S. The lowest BCUT2D eigenvalue weighted by atomic mass is 10.1. The molecule has 0 fully saturated rings. The highest BCUT2D eigenvalue weighted by Crippen LogP contribution is 2.17. The molecule has 7 heteroatoms. The first-order valence-corrected chi connectivity index (χ1v) is 8.55. The molecule has 0 aliphatic carbocycles. The summed E-state index contributed by atoms with van der Waals surface area (Å²) < 4.78 is 13.7. The molecule has 0 bridgehead atoms. The average Bonchev–Trinajstić information content (AvgIpc) is 3.16. The van der Waals surface area contributed by atoms with Gasteiger partial charge in [0.25, 0.3) is 11.8 Å². The number of nitrogens with zero attached hydrogens (tertiary/aromatic N) is 1. The number of thiophene rings is 1. The maximum atomic E-state index is 13.7. The average molecular weight is 367 g/mol. The third-order valence-corrected chi connectivity index (χ3v) is 4.25. The molecule has 0 unspecified atom stereocenters. The van der Waals surface area contributed by atoms with Gasteiger partial charge in [-0.05, 0) is 35.7 Å². The summed E-state index contributed by atoms with van der Waals surface area (Å²) in [4.78, 5) is 25.5. The van der Waals surface area contributed by atoms with E-state index in [9.17, 15) is 14.0 Å². The normalized spacial score (nSPS) is 10.7. The zero-order valence-electron chi connectivity index (χ0n) is 13.5. The zero-order valence-corrected chi connectivity index (χ0v) is 14.3. The Labute approximate surface area is 153 Å². The van der Waals surface area contributed by atoms with Crippen LogP contribution in [0.3, 0.4) is 0 Å². The summed E-state index contributed by atoms with van der Waals surface area (Å²) in [7, 11) is 0. The van der Waals surface area contributed by atoms with Crippen molar-refractivity contribution in [2.24, 2.45) is 5.10 Å².